The van der Waals surface area contributed by atoms with E-state index in [1.807, 2.05) is 12.1 Å². The lowest BCUT2D eigenvalue weighted by molar-refractivity contribution is -0.140. The number of hydrogen-bond acceptors (Lipinski definition) is 6. The quantitative estimate of drug-likeness (QED) is 0.421. The molecule has 9 heteroatoms. The standard InChI is InChI=1S/C15H17ClN4O3S/c1-23-13(22)3-2-8-17-12(21)9-24-15-18-14(19-20-15)10-4-6-11(16)7-5-10/h4-7H,2-3,8-9H2,1H3,(H,17,21)(H,18,19,20). The summed E-state index contributed by atoms with van der Waals surface area (Å²) in [4.78, 5) is 27.0. The molecule has 7 nitrogen and oxygen atoms in total. The number of nitrogens with one attached hydrogen (secondary N) is 2. The minimum absolute atomic E-state index is 0.136. The second-order valence-electron chi connectivity index (χ2n) is 4.79. The van der Waals surface area contributed by atoms with Crippen LogP contribution < -0.4 is 5.32 Å². The number of amides is 1. The van der Waals surface area contributed by atoms with Crippen molar-refractivity contribution in [2.45, 2.75) is 18.0 Å². The van der Waals surface area contributed by atoms with Gasteiger partial charge in [-0.25, -0.2) is 4.98 Å². The third-order valence-corrected chi connectivity index (χ3v) is 4.12. The number of hydrogen-bond donors (Lipinski definition) is 2. The molecule has 0 fully saturated rings. The number of ether oxygens (including phenoxy) is 1. The van der Waals surface area contributed by atoms with Crippen LogP contribution in [0.3, 0.4) is 0 Å². The average molecular weight is 369 g/mol. The summed E-state index contributed by atoms with van der Waals surface area (Å²) in [6.45, 7) is 0.429. The normalized spacial score (nSPS) is 10.4. The van der Waals surface area contributed by atoms with Crippen molar-refractivity contribution >= 4 is 35.2 Å². The average Bonchev–Trinajstić information content (AvgIpc) is 3.06. The molecule has 2 rings (SSSR count). The highest BCUT2D eigenvalue weighted by Gasteiger charge is 2.09. The van der Waals surface area contributed by atoms with Gasteiger partial charge in [0, 0.05) is 23.6 Å². The maximum Gasteiger partial charge on any atom is 0.305 e. The van der Waals surface area contributed by atoms with Crippen molar-refractivity contribution in [1.82, 2.24) is 20.5 Å². The zero-order valence-corrected chi connectivity index (χ0v) is 14.6. The molecular weight excluding hydrogens is 352 g/mol. The molecule has 0 radical (unpaired) electrons. The van der Waals surface area contributed by atoms with E-state index >= 15 is 0 Å². The van der Waals surface area contributed by atoms with Crippen LogP contribution in [0.15, 0.2) is 29.4 Å². The van der Waals surface area contributed by atoms with Gasteiger partial charge in [0.25, 0.3) is 0 Å². The molecule has 0 saturated heterocycles. The Hall–Kier alpha value is -2.06. The number of esters is 1. The number of rotatable bonds is 8. The Labute approximate surface area is 148 Å². The molecule has 1 heterocycles. The summed E-state index contributed by atoms with van der Waals surface area (Å²) in [6, 6.07) is 7.22. The molecule has 0 atom stereocenters. The molecule has 0 aliphatic carbocycles. The smallest absolute Gasteiger partial charge is 0.305 e. The van der Waals surface area contributed by atoms with Crippen molar-refractivity contribution in [3.63, 3.8) is 0 Å². The van der Waals surface area contributed by atoms with Crippen molar-refractivity contribution in [2.75, 3.05) is 19.4 Å². The zero-order valence-electron chi connectivity index (χ0n) is 13.0. The first-order chi connectivity index (χ1) is 11.6. The van der Waals surface area contributed by atoms with Crippen LogP contribution in [-0.2, 0) is 14.3 Å². The minimum Gasteiger partial charge on any atom is -0.469 e. The highest BCUT2D eigenvalue weighted by molar-refractivity contribution is 7.99. The van der Waals surface area contributed by atoms with Crippen LogP contribution in [0.1, 0.15) is 12.8 Å². The SMILES string of the molecule is COC(=O)CCCNC(=O)CSc1n[nH]c(-c2ccc(Cl)cc2)n1. The summed E-state index contributed by atoms with van der Waals surface area (Å²) in [6.07, 6.45) is 0.833. The van der Waals surface area contributed by atoms with Gasteiger partial charge in [-0.3, -0.25) is 14.7 Å². The van der Waals surface area contributed by atoms with Gasteiger partial charge < -0.3 is 10.1 Å². The number of carbonyl (C=O) groups excluding carboxylic acids is 2. The first-order valence-electron chi connectivity index (χ1n) is 7.23. The van der Waals surface area contributed by atoms with Crippen molar-refractivity contribution < 1.29 is 14.3 Å². The number of methoxy groups -OCH3 is 1. The van der Waals surface area contributed by atoms with Gasteiger partial charge in [0.2, 0.25) is 11.1 Å². The van der Waals surface area contributed by atoms with Gasteiger partial charge in [0.1, 0.15) is 0 Å². The second-order valence-corrected chi connectivity index (χ2v) is 6.17. The first-order valence-corrected chi connectivity index (χ1v) is 8.59. The van der Waals surface area contributed by atoms with Gasteiger partial charge in [-0.2, -0.15) is 0 Å². The largest absolute Gasteiger partial charge is 0.469 e. The number of nitrogens with zero attached hydrogens (tertiary/aromatic N) is 2. The Kier molecular flexibility index (Phi) is 7.07. The van der Waals surface area contributed by atoms with Gasteiger partial charge in [-0.05, 0) is 30.7 Å². The molecule has 128 valence electrons. The minimum atomic E-state index is -0.283. The molecule has 0 unspecified atom stereocenters. The van der Waals surface area contributed by atoms with E-state index in [2.05, 4.69) is 25.2 Å². The Morgan fingerprint density at radius 2 is 2.08 bits per heavy atom. The van der Waals surface area contributed by atoms with E-state index in [1.165, 1.54) is 18.9 Å². The van der Waals surface area contributed by atoms with Crippen LogP contribution in [0, 0.1) is 0 Å². The van der Waals surface area contributed by atoms with Crippen molar-refractivity contribution in [1.29, 1.82) is 0 Å². The fourth-order valence-corrected chi connectivity index (χ4v) is 2.55. The molecule has 0 spiro atoms. The molecule has 24 heavy (non-hydrogen) atoms. The zero-order chi connectivity index (χ0) is 17.4. The van der Waals surface area contributed by atoms with E-state index in [-0.39, 0.29) is 24.1 Å². The maximum atomic E-state index is 11.7. The van der Waals surface area contributed by atoms with Crippen LogP contribution in [-0.4, -0.2) is 46.5 Å². The van der Waals surface area contributed by atoms with Crippen molar-refractivity contribution in [3.8, 4) is 11.4 Å². The summed E-state index contributed by atoms with van der Waals surface area (Å²) in [5.74, 6) is 0.403. The highest BCUT2D eigenvalue weighted by atomic mass is 35.5. The molecule has 1 aromatic carbocycles. The molecule has 0 bridgehead atoms. The van der Waals surface area contributed by atoms with Crippen LogP contribution >= 0.6 is 23.4 Å². The van der Waals surface area contributed by atoms with E-state index in [4.69, 9.17) is 11.6 Å². The third kappa shape index (κ3) is 5.86. The number of benzene rings is 1. The van der Waals surface area contributed by atoms with Gasteiger partial charge >= 0.3 is 5.97 Å². The predicted molar refractivity (Wildman–Crippen MR) is 91.8 cm³/mol. The molecule has 0 saturated carbocycles. The van der Waals surface area contributed by atoms with E-state index in [0.717, 1.165) is 5.56 Å². The lowest BCUT2D eigenvalue weighted by Gasteiger charge is -2.03. The summed E-state index contributed by atoms with van der Waals surface area (Å²) in [7, 11) is 1.34. The lowest BCUT2D eigenvalue weighted by Crippen LogP contribution is -2.26. The molecule has 1 aromatic heterocycles. The van der Waals surface area contributed by atoms with Gasteiger partial charge in [-0.15, -0.1) is 5.10 Å². The van der Waals surface area contributed by atoms with Crippen LogP contribution in [0.2, 0.25) is 5.02 Å². The van der Waals surface area contributed by atoms with Crippen LogP contribution in [0.5, 0.6) is 0 Å². The number of aromatic amines is 1. The Morgan fingerprint density at radius 1 is 1.33 bits per heavy atom. The molecule has 1 amide bonds. The van der Waals surface area contributed by atoms with Gasteiger partial charge in [0.15, 0.2) is 5.82 Å². The summed E-state index contributed by atoms with van der Waals surface area (Å²) in [5, 5.41) is 10.8. The van der Waals surface area contributed by atoms with E-state index in [0.29, 0.717) is 29.0 Å². The van der Waals surface area contributed by atoms with Crippen LogP contribution in [0.4, 0.5) is 0 Å². The molecule has 0 aliphatic rings. The lowest BCUT2D eigenvalue weighted by atomic mass is 10.2. The fourth-order valence-electron chi connectivity index (χ4n) is 1.79. The predicted octanol–water partition coefficient (Wildman–Crippen LogP) is 2.29. The topological polar surface area (TPSA) is 97.0 Å². The molecule has 0 aliphatic heterocycles. The number of carbonyl (C=O) groups is 2. The monoisotopic (exact) mass is 368 g/mol. The van der Waals surface area contributed by atoms with E-state index in [9.17, 15) is 9.59 Å². The summed E-state index contributed by atoms with van der Waals surface area (Å²) in [5.41, 5.74) is 0.867. The number of aromatic nitrogens is 3. The maximum absolute atomic E-state index is 11.7. The molecule has 2 N–H and O–H groups in total. The summed E-state index contributed by atoms with van der Waals surface area (Å²) < 4.78 is 4.52. The molecule has 2 aromatic rings. The third-order valence-electron chi connectivity index (χ3n) is 3.02. The first kappa shape index (κ1) is 18.3. The number of halogens is 1. The van der Waals surface area contributed by atoms with Crippen molar-refractivity contribution in [2.24, 2.45) is 0 Å². The highest BCUT2D eigenvalue weighted by Crippen LogP contribution is 2.20. The number of thioether (sulfide) groups is 1. The van der Waals surface area contributed by atoms with E-state index < -0.39 is 0 Å². The van der Waals surface area contributed by atoms with Crippen LogP contribution in [0.25, 0.3) is 11.4 Å². The van der Waals surface area contributed by atoms with E-state index in [1.54, 1.807) is 12.1 Å². The number of H-pyrrole nitrogens is 1. The second kappa shape index (κ2) is 9.29. The Morgan fingerprint density at radius 3 is 2.79 bits per heavy atom. The van der Waals surface area contributed by atoms with Crippen molar-refractivity contribution in [3.05, 3.63) is 29.3 Å². The Balaban J connectivity index is 1.73. The molecular formula is C15H17ClN4O3S. The van der Waals surface area contributed by atoms with Gasteiger partial charge in [0.05, 0.1) is 12.9 Å². The van der Waals surface area contributed by atoms with Gasteiger partial charge in [-0.1, -0.05) is 23.4 Å². The fraction of sp³-hybridized carbons (Fsp3) is 0.333. The Bertz CT molecular complexity index is 690. The summed E-state index contributed by atoms with van der Waals surface area (Å²) >= 11 is 7.08.